The molecule has 0 spiro atoms. The van der Waals surface area contributed by atoms with E-state index in [9.17, 15) is 0 Å². The van der Waals surface area contributed by atoms with E-state index in [4.69, 9.17) is 0 Å². The Bertz CT molecular complexity index is 102. The Balaban J connectivity index is 0.000000336. The molecule has 2 heteroatoms. The minimum atomic E-state index is 0.794. The minimum Gasteiger partial charge on any atom is -0.315 e. The Labute approximate surface area is 76.1 Å². The number of fused-ring (bicyclic) bond motifs is 1. The van der Waals surface area contributed by atoms with Crippen LogP contribution in [0, 0.1) is 5.92 Å². The molecule has 0 radical (unpaired) electrons. The van der Waals surface area contributed by atoms with Gasteiger partial charge >= 0.3 is 0 Å². The van der Waals surface area contributed by atoms with Crippen molar-refractivity contribution in [2.45, 2.75) is 39.2 Å². The van der Waals surface area contributed by atoms with Crippen molar-refractivity contribution < 1.29 is 0 Å². The van der Waals surface area contributed by atoms with Crippen LogP contribution in [-0.4, -0.2) is 25.7 Å². The number of hydrogen-bond donors (Lipinski definition) is 2. The first-order chi connectivity index (χ1) is 5.97. The minimum absolute atomic E-state index is 0.794. The van der Waals surface area contributed by atoms with Gasteiger partial charge in [0, 0.05) is 12.6 Å². The molecule has 2 fully saturated rings. The lowest BCUT2D eigenvalue weighted by atomic mass is 9.97. The van der Waals surface area contributed by atoms with Gasteiger partial charge in [0.25, 0.3) is 0 Å². The molecule has 0 aromatic heterocycles. The predicted molar refractivity (Wildman–Crippen MR) is 53.3 cm³/mol. The number of hydrogen-bond acceptors (Lipinski definition) is 2. The van der Waals surface area contributed by atoms with Gasteiger partial charge in [0.2, 0.25) is 0 Å². The van der Waals surface area contributed by atoms with E-state index < -0.39 is 0 Å². The molecule has 2 aliphatic heterocycles. The quantitative estimate of drug-likeness (QED) is 0.574. The number of nitrogens with one attached hydrogen (secondary N) is 2. The summed E-state index contributed by atoms with van der Waals surface area (Å²) in [5.41, 5.74) is 0. The van der Waals surface area contributed by atoms with Crippen LogP contribution in [0.2, 0.25) is 0 Å². The smallest absolute Gasteiger partial charge is 0.0221 e. The topological polar surface area (TPSA) is 24.1 Å². The summed E-state index contributed by atoms with van der Waals surface area (Å²) in [6.45, 7) is 7.68. The van der Waals surface area contributed by atoms with Crippen LogP contribution in [0.3, 0.4) is 0 Å². The lowest BCUT2D eigenvalue weighted by molar-refractivity contribution is 0.440. The second-order valence-electron chi connectivity index (χ2n) is 3.46. The SMILES string of the molecule is C1CNCC2NCCC2C1.CC. The first-order valence-electron chi connectivity index (χ1n) is 5.41. The Morgan fingerprint density at radius 1 is 1.08 bits per heavy atom. The summed E-state index contributed by atoms with van der Waals surface area (Å²) in [5.74, 6) is 0.981. The third-order valence-corrected chi connectivity index (χ3v) is 2.78. The van der Waals surface area contributed by atoms with E-state index in [0.717, 1.165) is 12.0 Å². The van der Waals surface area contributed by atoms with E-state index in [1.165, 1.54) is 38.9 Å². The van der Waals surface area contributed by atoms with E-state index in [0.29, 0.717) is 0 Å². The van der Waals surface area contributed by atoms with Crippen LogP contribution in [0.25, 0.3) is 0 Å². The summed E-state index contributed by atoms with van der Waals surface area (Å²) in [7, 11) is 0. The van der Waals surface area contributed by atoms with Gasteiger partial charge in [0.05, 0.1) is 0 Å². The van der Waals surface area contributed by atoms with Gasteiger partial charge in [-0.3, -0.25) is 0 Å². The first kappa shape index (κ1) is 10.0. The molecule has 2 rings (SSSR count). The molecule has 2 saturated heterocycles. The fourth-order valence-electron chi connectivity index (χ4n) is 2.15. The average Bonchev–Trinajstić information content (AvgIpc) is 2.46. The van der Waals surface area contributed by atoms with Crippen LogP contribution in [0.15, 0.2) is 0 Å². The maximum absolute atomic E-state index is 3.54. The highest BCUT2D eigenvalue weighted by Gasteiger charge is 2.27. The zero-order chi connectivity index (χ0) is 8.81. The van der Waals surface area contributed by atoms with E-state index >= 15 is 0 Å². The lowest BCUT2D eigenvalue weighted by Crippen LogP contribution is -2.35. The van der Waals surface area contributed by atoms with Crippen LogP contribution >= 0.6 is 0 Å². The van der Waals surface area contributed by atoms with Crippen molar-refractivity contribution in [1.29, 1.82) is 0 Å². The number of rotatable bonds is 0. The Kier molecular flexibility index (Phi) is 4.62. The molecule has 0 aromatic carbocycles. The summed E-state index contributed by atoms with van der Waals surface area (Å²) in [5, 5.41) is 6.99. The van der Waals surface area contributed by atoms with E-state index in [2.05, 4.69) is 10.6 Å². The zero-order valence-corrected chi connectivity index (χ0v) is 8.40. The third-order valence-electron chi connectivity index (χ3n) is 2.78. The van der Waals surface area contributed by atoms with Gasteiger partial charge < -0.3 is 10.6 Å². The van der Waals surface area contributed by atoms with Crippen molar-refractivity contribution in [2.24, 2.45) is 5.92 Å². The lowest BCUT2D eigenvalue weighted by Gasteiger charge is -2.14. The van der Waals surface area contributed by atoms with Crippen molar-refractivity contribution in [3.63, 3.8) is 0 Å². The van der Waals surface area contributed by atoms with Gasteiger partial charge in [-0.15, -0.1) is 0 Å². The maximum atomic E-state index is 3.54. The molecule has 2 atom stereocenters. The predicted octanol–water partition coefficient (Wildman–Crippen LogP) is 1.37. The van der Waals surface area contributed by atoms with Crippen molar-refractivity contribution in [2.75, 3.05) is 19.6 Å². The summed E-state index contributed by atoms with van der Waals surface area (Å²) in [6, 6.07) is 0.794. The van der Waals surface area contributed by atoms with Gasteiger partial charge in [0.1, 0.15) is 0 Å². The van der Waals surface area contributed by atoms with E-state index in [1.54, 1.807) is 0 Å². The Hall–Kier alpha value is -0.0800. The largest absolute Gasteiger partial charge is 0.315 e. The Morgan fingerprint density at radius 3 is 2.75 bits per heavy atom. The molecule has 0 aromatic rings. The zero-order valence-electron chi connectivity index (χ0n) is 8.40. The van der Waals surface area contributed by atoms with E-state index in [1.807, 2.05) is 13.8 Å². The maximum Gasteiger partial charge on any atom is 0.0221 e. The Morgan fingerprint density at radius 2 is 1.92 bits per heavy atom. The fraction of sp³-hybridized carbons (Fsp3) is 1.00. The molecule has 0 bridgehead atoms. The molecule has 2 unspecified atom stereocenters. The highest BCUT2D eigenvalue weighted by Crippen LogP contribution is 2.21. The van der Waals surface area contributed by atoms with Gasteiger partial charge in [-0.05, 0) is 38.3 Å². The molecular formula is C10H22N2. The van der Waals surface area contributed by atoms with Crippen LogP contribution in [0.1, 0.15) is 33.1 Å². The molecule has 0 aliphatic carbocycles. The molecule has 72 valence electrons. The highest BCUT2D eigenvalue weighted by molar-refractivity contribution is 4.87. The average molecular weight is 170 g/mol. The monoisotopic (exact) mass is 170 g/mol. The molecule has 0 amide bonds. The van der Waals surface area contributed by atoms with Gasteiger partial charge in [-0.25, -0.2) is 0 Å². The molecule has 0 saturated carbocycles. The van der Waals surface area contributed by atoms with Crippen LogP contribution < -0.4 is 10.6 Å². The summed E-state index contributed by atoms with van der Waals surface area (Å²) < 4.78 is 0. The van der Waals surface area contributed by atoms with Crippen molar-refractivity contribution in [3.8, 4) is 0 Å². The van der Waals surface area contributed by atoms with Gasteiger partial charge in [-0.2, -0.15) is 0 Å². The normalized spacial score (nSPS) is 34.5. The fourth-order valence-corrected chi connectivity index (χ4v) is 2.15. The second-order valence-corrected chi connectivity index (χ2v) is 3.46. The second kappa shape index (κ2) is 5.55. The molecule has 12 heavy (non-hydrogen) atoms. The van der Waals surface area contributed by atoms with Gasteiger partial charge in [-0.1, -0.05) is 13.8 Å². The summed E-state index contributed by atoms with van der Waals surface area (Å²) in [4.78, 5) is 0. The van der Waals surface area contributed by atoms with Crippen LogP contribution in [0.4, 0.5) is 0 Å². The van der Waals surface area contributed by atoms with Crippen LogP contribution in [-0.2, 0) is 0 Å². The summed E-state index contributed by atoms with van der Waals surface area (Å²) >= 11 is 0. The first-order valence-corrected chi connectivity index (χ1v) is 5.41. The van der Waals surface area contributed by atoms with Crippen molar-refractivity contribution in [1.82, 2.24) is 10.6 Å². The standard InChI is InChI=1S/C8H16N2.C2H6/c1-2-7-3-5-10-8(7)6-9-4-1;1-2/h7-10H,1-6H2;1-2H3. The molecule has 2 heterocycles. The molecule has 2 aliphatic rings. The van der Waals surface area contributed by atoms with E-state index in [-0.39, 0.29) is 0 Å². The van der Waals surface area contributed by atoms with Gasteiger partial charge in [0.15, 0.2) is 0 Å². The highest BCUT2D eigenvalue weighted by atomic mass is 15.0. The molecule has 2 N–H and O–H groups in total. The third kappa shape index (κ3) is 2.46. The van der Waals surface area contributed by atoms with Crippen LogP contribution in [0.5, 0.6) is 0 Å². The molecule has 2 nitrogen and oxygen atoms in total. The molecular weight excluding hydrogens is 148 g/mol. The van der Waals surface area contributed by atoms with Crippen molar-refractivity contribution in [3.05, 3.63) is 0 Å². The van der Waals surface area contributed by atoms with Crippen molar-refractivity contribution >= 4 is 0 Å². The summed E-state index contributed by atoms with van der Waals surface area (Å²) in [6.07, 6.45) is 4.22.